The molecule has 0 bridgehead atoms. The van der Waals surface area contributed by atoms with Gasteiger partial charge in [-0.1, -0.05) is 13.8 Å². The molecular formula is C9H18O3S. The maximum Gasteiger partial charge on any atom is 0.309 e. The minimum absolute atomic E-state index is 0.118. The fourth-order valence-electron chi connectivity index (χ4n) is 0.992. The molecule has 0 aromatic carbocycles. The van der Waals surface area contributed by atoms with Gasteiger partial charge < -0.3 is 4.74 Å². The Labute approximate surface area is 82.3 Å². The fourth-order valence-corrected chi connectivity index (χ4v) is 2.33. The predicted molar refractivity (Wildman–Crippen MR) is 53.9 cm³/mol. The number of hydrogen-bond donors (Lipinski definition) is 0. The van der Waals surface area contributed by atoms with Crippen LogP contribution in [0.5, 0.6) is 0 Å². The van der Waals surface area contributed by atoms with Crippen molar-refractivity contribution in [2.75, 3.05) is 12.9 Å². The van der Waals surface area contributed by atoms with Crippen molar-refractivity contribution in [3.05, 3.63) is 0 Å². The molecule has 3 nitrogen and oxygen atoms in total. The SMILES string of the molecule is CCCS(=O)C(C)C(C)C(=O)OC. The summed E-state index contributed by atoms with van der Waals surface area (Å²) in [7, 11) is 0.438. The lowest BCUT2D eigenvalue weighted by atomic mass is 10.1. The molecule has 3 atom stereocenters. The molecular weight excluding hydrogens is 188 g/mol. The van der Waals surface area contributed by atoms with Gasteiger partial charge in [0.25, 0.3) is 0 Å². The molecule has 4 heteroatoms. The summed E-state index contributed by atoms with van der Waals surface area (Å²) in [6.07, 6.45) is 0.880. The third-order valence-electron chi connectivity index (χ3n) is 2.10. The van der Waals surface area contributed by atoms with Crippen molar-refractivity contribution < 1.29 is 13.7 Å². The molecule has 0 heterocycles. The monoisotopic (exact) mass is 206 g/mol. The van der Waals surface area contributed by atoms with Gasteiger partial charge in [-0.2, -0.15) is 0 Å². The molecule has 0 spiro atoms. The van der Waals surface area contributed by atoms with Crippen molar-refractivity contribution in [1.82, 2.24) is 0 Å². The smallest absolute Gasteiger partial charge is 0.309 e. The van der Waals surface area contributed by atoms with E-state index < -0.39 is 10.8 Å². The van der Waals surface area contributed by atoms with Gasteiger partial charge in [-0.15, -0.1) is 0 Å². The standard InChI is InChI=1S/C9H18O3S/c1-5-6-13(11)8(3)7(2)9(10)12-4/h7-8H,5-6H2,1-4H3. The summed E-state index contributed by atoms with van der Waals surface area (Å²) in [6, 6.07) is 0. The normalized spacial score (nSPS) is 17.5. The van der Waals surface area contributed by atoms with Crippen LogP contribution in [0, 0.1) is 5.92 Å². The molecule has 0 saturated heterocycles. The lowest BCUT2D eigenvalue weighted by molar-refractivity contribution is -0.144. The molecule has 0 fully saturated rings. The van der Waals surface area contributed by atoms with E-state index in [1.807, 2.05) is 13.8 Å². The molecule has 0 aliphatic rings. The Balaban J connectivity index is 4.16. The summed E-state index contributed by atoms with van der Waals surface area (Å²) in [4.78, 5) is 11.1. The predicted octanol–water partition coefficient (Wildman–Crippen LogP) is 1.34. The number of esters is 1. The number of carbonyl (C=O) groups is 1. The topological polar surface area (TPSA) is 43.4 Å². The van der Waals surface area contributed by atoms with Crippen molar-refractivity contribution in [3.8, 4) is 0 Å². The summed E-state index contributed by atoms with van der Waals surface area (Å²) in [6.45, 7) is 5.56. The Bertz CT molecular complexity index is 191. The molecule has 0 N–H and O–H groups in total. The van der Waals surface area contributed by atoms with Gasteiger partial charge in [0.1, 0.15) is 0 Å². The van der Waals surface area contributed by atoms with Gasteiger partial charge in [0, 0.05) is 21.8 Å². The summed E-state index contributed by atoms with van der Waals surface area (Å²) < 4.78 is 16.1. The fraction of sp³-hybridized carbons (Fsp3) is 0.889. The average Bonchev–Trinajstić information content (AvgIpc) is 2.14. The molecule has 3 unspecified atom stereocenters. The Morgan fingerprint density at radius 3 is 2.38 bits per heavy atom. The van der Waals surface area contributed by atoms with Crippen molar-refractivity contribution in [2.45, 2.75) is 32.4 Å². The minimum Gasteiger partial charge on any atom is -0.469 e. The Hall–Kier alpha value is -0.380. The Morgan fingerprint density at radius 1 is 1.46 bits per heavy atom. The van der Waals surface area contributed by atoms with Crippen LogP contribution in [0.4, 0.5) is 0 Å². The van der Waals surface area contributed by atoms with Gasteiger partial charge in [0.05, 0.1) is 13.0 Å². The second-order valence-electron chi connectivity index (χ2n) is 3.10. The molecule has 78 valence electrons. The number of hydrogen-bond acceptors (Lipinski definition) is 3. The molecule has 0 rings (SSSR count). The quantitative estimate of drug-likeness (QED) is 0.638. The molecule has 0 aliphatic heterocycles. The maximum absolute atomic E-state index is 11.5. The van der Waals surface area contributed by atoms with Crippen molar-refractivity contribution in [3.63, 3.8) is 0 Å². The highest BCUT2D eigenvalue weighted by Crippen LogP contribution is 2.11. The molecule has 0 amide bonds. The average molecular weight is 206 g/mol. The van der Waals surface area contributed by atoms with Gasteiger partial charge in [-0.05, 0) is 13.3 Å². The number of ether oxygens (including phenoxy) is 1. The van der Waals surface area contributed by atoms with E-state index >= 15 is 0 Å². The van der Waals surface area contributed by atoms with Gasteiger partial charge in [-0.25, -0.2) is 0 Å². The highest BCUT2D eigenvalue weighted by Gasteiger charge is 2.24. The summed E-state index contributed by atoms with van der Waals surface area (Å²) >= 11 is 0. The first-order valence-corrected chi connectivity index (χ1v) is 5.87. The van der Waals surface area contributed by atoms with E-state index in [0.717, 1.165) is 6.42 Å². The zero-order valence-electron chi connectivity index (χ0n) is 8.70. The van der Waals surface area contributed by atoms with Crippen molar-refractivity contribution >= 4 is 16.8 Å². The molecule has 0 aromatic rings. The summed E-state index contributed by atoms with van der Waals surface area (Å²) in [5.41, 5.74) is 0. The lowest BCUT2D eigenvalue weighted by Gasteiger charge is -2.16. The number of rotatable bonds is 5. The summed E-state index contributed by atoms with van der Waals surface area (Å²) in [5.74, 6) is 0.0945. The maximum atomic E-state index is 11.5. The van der Waals surface area contributed by atoms with E-state index in [9.17, 15) is 9.00 Å². The largest absolute Gasteiger partial charge is 0.469 e. The van der Waals surface area contributed by atoms with Gasteiger partial charge in [-0.3, -0.25) is 9.00 Å². The van der Waals surface area contributed by atoms with Crippen molar-refractivity contribution in [1.29, 1.82) is 0 Å². The van der Waals surface area contributed by atoms with Crippen LogP contribution >= 0.6 is 0 Å². The number of carbonyl (C=O) groups excluding carboxylic acids is 1. The van der Waals surface area contributed by atoms with E-state index in [4.69, 9.17) is 0 Å². The third kappa shape index (κ3) is 3.89. The first-order valence-electron chi connectivity index (χ1n) is 4.49. The van der Waals surface area contributed by atoms with Crippen LogP contribution in [-0.2, 0) is 20.3 Å². The van der Waals surface area contributed by atoms with Crippen LogP contribution in [0.25, 0.3) is 0 Å². The van der Waals surface area contributed by atoms with Crippen LogP contribution in [0.15, 0.2) is 0 Å². The van der Waals surface area contributed by atoms with Gasteiger partial charge in [0.2, 0.25) is 0 Å². The minimum atomic E-state index is -0.918. The van der Waals surface area contributed by atoms with Crippen LogP contribution < -0.4 is 0 Å². The highest BCUT2D eigenvalue weighted by molar-refractivity contribution is 7.85. The number of methoxy groups -OCH3 is 1. The first kappa shape index (κ1) is 12.6. The Kier molecular flexibility index (Phi) is 5.95. The Morgan fingerprint density at radius 2 is 2.00 bits per heavy atom. The lowest BCUT2D eigenvalue weighted by Crippen LogP contribution is -2.29. The van der Waals surface area contributed by atoms with E-state index in [1.54, 1.807) is 6.92 Å². The first-order chi connectivity index (χ1) is 6.04. The van der Waals surface area contributed by atoms with E-state index in [0.29, 0.717) is 5.75 Å². The zero-order chi connectivity index (χ0) is 10.4. The van der Waals surface area contributed by atoms with E-state index in [-0.39, 0.29) is 17.1 Å². The molecule has 0 aliphatic carbocycles. The van der Waals surface area contributed by atoms with Crippen LogP contribution in [0.3, 0.4) is 0 Å². The molecule has 13 heavy (non-hydrogen) atoms. The molecule has 0 saturated carbocycles. The second-order valence-corrected chi connectivity index (χ2v) is 5.02. The van der Waals surface area contributed by atoms with Crippen LogP contribution in [-0.4, -0.2) is 28.3 Å². The zero-order valence-corrected chi connectivity index (χ0v) is 9.52. The van der Waals surface area contributed by atoms with Crippen LogP contribution in [0.1, 0.15) is 27.2 Å². The van der Waals surface area contributed by atoms with E-state index in [2.05, 4.69) is 4.74 Å². The highest BCUT2D eigenvalue weighted by atomic mass is 32.2. The summed E-state index contributed by atoms with van der Waals surface area (Å²) in [5, 5.41) is -0.118. The second kappa shape index (κ2) is 6.13. The van der Waals surface area contributed by atoms with Gasteiger partial charge in [0.15, 0.2) is 0 Å². The third-order valence-corrected chi connectivity index (χ3v) is 4.15. The van der Waals surface area contributed by atoms with Crippen molar-refractivity contribution in [2.24, 2.45) is 5.92 Å². The van der Waals surface area contributed by atoms with Crippen LogP contribution in [0.2, 0.25) is 0 Å². The van der Waals surface area contributed by atoms with E-state index in [1.165, 1.54) is 7.11 Å². The van der Waals surface area contributed by atoms with Gasteiger partial charge >= 0.3 is 5.97 Å². The molecule has 0 radical (unpaired) electrons. The molecule has 0 aromatic heterocycles.